The van der Waals surface area contributed by atoms with Crippen LogP contribution in [0.15, 0.2) is 25.3 Å². The van der Waals surface area contributed by atoms with E-state index in [2.05, 4.69) is 23.4 Å². The summed E-state index contributed by atoms with van der Waals surface area (Å²) in [5.41, 5.74) is 0. The van der Waals surface area contributed by atoms with E-state index < -0.39 is 0 Å². The Morgan fingerprint density at radius 1 is 1.37 bits per heavy atom. The normalized spacial score (nSPS) is 19.9. The summed E-state index contributed by atoms with van der Waals surface area (Å²) in [5, 5.41) is 3.22. The van der Waals surface area contributed by atoms with E-state index in [1.165, 1.54) is 19.3 Å². The van der Waals surface area contributed by atoms with Gasteiger partial charge in [-0.25, -0.2) is 0 Å². The standard InChI is InChI=1S/C15H27N3O/c1-4-9-17(10-5-2)15(19)13-18-11-7-6-8-14(18)12-16-3/h4-5,14,16H,1-2,6-13H2,3H3. The number of carbonyl (C=O) groups excluding carboxylic acids is 1. The quantitative estimate of drug-likeness (QED) is 0.671. The average molecular weight is 265 g/mol. The number of hydrogen-bond acceptors (Lipinski definition) is 3. The van der Waals surface area contributed by atoms with Crippen molar-refractivity contribution >= 4 is 5.91 Å². The fourth-order valence-corrected chi connectivity index (χ4v) is 2.60. The van der Waals surface area contributed by atoms with E-state index in [9.17, 15) is 4.79 Å². The monoisotopic (exact) mass is 265 g/mol. The largest absolute Gasteiger partial charge is 0.334 e. The lowest BCUT2D eigenvalue weighted by Crippen LogP contribution is -2.49. The first-order valence-electron chi connectivity index (χ1n) is 7.11. The summed E-state index contributed by atoms with van der Waals surface area (Å²) in [6.07, 6.45) is 7.17. The molecule has 1 rings (SSSR count). The zero-order valence-electron chi connectivity index (χ0n) is 12.1. The molecule has 0 aromatic heterocycles. The molecule has 4 nitrogen and oxygen atoms in total. The first-order chi connectivity index (χ1) is 9.22. The summed E-state index contributed by atoms with van der Waals surface area (Å²) >= 11 is 0. The van der Waals surface area contributed by atoms with E-state index in [-0.39, 0.29) is 5.91 Å². The molecule has 0 aromatic carbocycles. The van der Waals surface area contributed by atoms with Crippen LogP contribution in [0.4, 0.5) is 0 Å². The zero-order chi connectivity index (χ0) is 14.1. The van der Waals surface area contributed by atoms with Crippen LogP contribution in [0.3, 0.4) is 0 Å². The van der Waals surface area contributed by atoms with Gasteiger partial charge in [0, 0.05) is 25.7 Å². The van der Waals surface area contributed by atoms with Crippen LogP contribution < -0.4 is 5.32 Å². The van der Waals surface area contributed by atoms with E-state index in [1.807, 2.05) is 7.05 Å². The first kappa shape index (κ1) is 15.9. The van der Waals surface area contributed by atoms with Crippen molar-refractivity contribution in [1.29, 1.82) is 0 Å². The Balaban J connectivity index is 2.55. The fraction of sp³-hybridized carbons (Fsp3) is 0.667. The SMILES string of the molecule is C=CCN(CC=C)C(=O)CN1CCCCC1CNC. The minimum atomic E-state index is 0.169. The van der Waals surface area contributed by atoms with Gasteiger partial charge in [0.05, 0.1) is 6.54 Å². The molecule has 4 heteroatoms. The van der Waals surface area contributed by atoms with Gasteiger partial charge < -0.3 is 10.2 Å². The fourth-order valence-electron chi connectivity index (χ4n) is 2.60. The third-order valence-corrected chi connectivity index (χ3v) is 3.58. The van der Waals surface area contributed by atoms with Gasteiger partial charge in [0.25, 0.3) is 0 Å². The van der Waals surface area contributed by atoms with Gasteiger partial charge in [-0.1, -0.05) is 18.6 Å². The van der Waals surface area contributed by atoms with Crippen molar-refractivity contribution in [2.24, 2.45) is 0 Å². The Hall–Kier alpha value is -1.13. The maximum absolute atomic E-state index is 12.3. The highest BCUT2D eigenvalue weighted by Gasteiger charge is 2.25. The average Bonchev–Trinajstić information content (AvgIpc) is 2.41. The minimum Gasteiger partial charge on any atom is -0.334 e. The van der Waals surface area contributed by atoms with Crippen LogP contribution in [0.25, 0.3) is 0 Å². The molecular formula is C15H27N3O. The Kier molecular flexibility index (Phi) is 7.45. The second kappa shape index (κ2) is 8.88. The molecule has 1 atom stereocenters. The Labute approximate surface area is 117 Å². The molecule has 0 spiro atoms. The number of likely N-dealkylation sites (N-methyl/N-ethyl adjacent to an activating group) is 1. The molecule has 0 bridgehead atoms. The van der Waals surface area contributed by atoms with Crippen molar-refractivity contribution in [3.8, 4) is 0 Å². The molecule has 0 radical (unpaired) electrons. The highest BCUT2D eigenvalue weighted by atomic mass is 16.2. The summed E-state index contributed by atoms with van der Waals surface area (Å²) < 4.78 is 0. The molecule has 0 saturated carbocycles. The van der Waals surface area contributed by atoms with E-state index in [0.29, 0.717) is 25.7 Å². The van der Waals surface area contributed by atoms with Crippen LogP contribution >= 0.6 is 0 Å². The van der Waals surface area contributed by atoms with Gasteiger partial charge in [-0.05, 0) is 26.4 Å². The summed E-state index contributed by atoms with van der Waals surface area (Å²) in [5.74, 6) is 0.169. The summed E-state index contributed by atoms with van der Waals surface area (Å²) in [6.45, 7) is 11.1. The number of nitrogens with one attached hydrogen (secondary N) is 1. The van der Waals surface area contributed by atoms with Gasteiger partial charge in [-0.2, -0.15) is 0 Å². The van der Waals surface area contributed by atoms with Crippen molar-refractivity contribution in [3.05, 3.63) is 25.3 Å². The topological polar surface area (TPSA) is 35.6 Å². The van der Waals surface area contributed by atoms with Crippen LogP contribution in [0.5, 0.6) is 0 Å². The number of piperidine rings is 1. The minimum absolute atomic E-state index is 0.169. The van der Waals surface area contributed by atoms with Crippen LogP contribution in [0, 0.1) is 0 Å². The highest BCUT2D eigenvalue weighted by molar-refractivity contribution is 5.78. The molecule has 1 N–H and O–H groups in total. The maximum atomic E-state index is 12.3. The molecule has 0 aromatic rings. The van der Waals surface area contributed by atoms with Crippen molar-refractivity contribution in [3.63, 3.8) is 0 Å². The molecule has 1 heterocycles. The Bertz CT molecular complexity index is 292. The third-order valence-electron chi connectivity index (χ3n) is 3.58. The number of hydrogen-bond donors (Lipinski definition) is 1. The second-order valence-electron chi connectivity index (χ2n) is 5.05. The Morgan fingerprint density at radius 2 is 2.05 bits per heavy atom. The number of rotatable bonds is 8. The van der Waals surface area contributed by atoms with Gasteiger partial charge in [0.2, 0.25) is 5.91 Å². The van der Waals surface area contributed by atoms with E-state index in [4.69, 9.17) is 0 Å². The number of likely N-dealkylation sites (tertiary alicyclic amines) is 1. The van der Waals surface area contributed by atoms with Crippen molar-refractivity contribution in [2.75, 3.05) is 39.8 Å². The summed E-state index contributed by atoms with van der Waals surface area (Å²) in [4.78, 5) is 16.4. The predicted octanol–water partition coefficient (Wildman–Crippen LogP) is 1.26. The summed E-state index contributed by atoms with van der Waals surface area (Å²) in [6, 6.07) is 0.483. The Morgan fingerprint density at radius 3 is 2.63 bits per heavy atom. The molecule has 1 aliphatic rings. The molecule has 0 aliphatic carbocycles. The molecule has 1 fully saturated rings. The number of nitrogens with zero attached hydrogens (tertiary/aromatic N) is 2. The van der Waals surface area contributed by atoms with E-state index >= 15 is 0 Å². The molecule has 108 valence electrons. The van der Waals surface area contributed by atoms with E-state index in [0.717, 1.165) is 13.1 Å². The van der Waals surface area contributed by atoms with Crippen molar-refractivity contribution < 1.29 is 4.79 Å². The molecule has 19 heavy (non-hydrogen) atoms. The smallest absolute Gasteiger partial charge is 0.237 e. The van der Waals surface area contributed by atoms with Gasteiger partial charge in [-0.15, -0.1) is 13.2 Å². The molecule has 1 aliphatic heterocycles. The second-order valence-corrected chi connectivity index (χ2v) is 5.05. The van der Waals surface area contributed by atoms with Gasteiger partial charge in [0.15, 0.2) is 0 Å². The van der Waals surface area contributed by atoms with Crippen LogP contribution in [-0.4, -0.2) is 61.5 Å². The lowest BCUT2D eigenvalue weighted by atomic mass is 10.0. The number of amides is 1. The highest BCUT2D eigenvalue weighted by Crippen LogP contribution is 2.16. The molecular weight excluding hydrogens is 238 g/mol. The molecule has 1 unspecified atom stereocenters. The van der Waals surface area contributed by atoms with Crippen LogP contribution in [-0.2, 0) is 4.79 Å². The van der Waals surface area contributed by atoms with E-state index in [1.54, 1.807) is 17.1 Å². The van der Waals surface area contributed by atoms with Gasteiger partial charge >= 0.3 is 0 Å². The first-order valence-corrected chi connectivity index (χ1v) is 7.11. The van der Waals surface area contributed by atoms with Crippen LogP contribution in [0.2, 0.25) is 0 Å². The summed E-state index contributed by atoms with van der Waals surface area (Å²) in [7, 11) is 1.97. The predicted molar refractivity (Wildman–Crippen MR) is 80.1 cm³/mol. The third kappa shape index (κ3) is 5.17. The van der Waals surface area contributed by atoms with Gasteiger partial charge in [0.1, 0.15) is 0 Å². The molecule has 1 saturated heterocycles. The molecule has 1 amide bonds. The zero-order valence-corrected chi connectivity index (χ0v) is 12.1. The maximum Gasteiger partial charge on any atom is 0.237 e. The van der Waals surface area contributed by atoms with Crippen LogP contribution in [0.1, 0.15) is 19.3 Å². The van der Waals surface area contributed by atoms with Crippen molar-refractivity contribution in [1.82, 2.24) is 15.1 Å². The van der Waals surface area contributed by atoms with Crippen molar-refractivity contribution in [2.45, 2.75) is 25.3 Å². The lowest BCUT2D eigenvalue weighted by Gasteiger charge is -2.36. The lowest BCUT2D eigenvalue weighted by molar-refractivity contribution is -0.132. The number of carbonyl (C=O) groups is 1. The van der Waals surface area contributed by atoms with Gasteiger partial charge in [-0.3, -0.25) is 9.69 Å².